The van der Waals surface area contributed by atoms with E-state index in [-0.39, 0.29) is 5.91 Å². The van der Waals surface area contributed by atoms with Crippen LogP contribution < -0.4 is 10.2 Å². The third-order valence-electron chi connectivity index (χ3n) is 4.60. The van der Waals surface area contributed by atoms with E-state index in [4.69, 9.17) is 0 Å². The highest BCUT2D eigenvalue weighted by Gasteiger charge is 2.15. The molecular weight excluding hydrogens is 324 g/mol. The summed E-state index contributed by atoms with van der Waals surface area (Å²) in [4.78, 5) is 14.5. The number of carbonyl (C=O) groups is 1. The zero-order valence-corrected chi connectivity index (χ0v) is 16.7. The molecule has 0 atom stereocenters. The SMILES string of the molecule is Cc1nn(CC(C)C)c(C)c1CC(=O)NCCCN(C)c1ccccc1. The van der Waals surface area contributed by atoms with E-state index in [1.165, 1.54) is 5.69 Å². The van der Waals surface area contributed by atoms with E-state index in [0.717, 1.165) is 36.5 Å². The summed E-state index contributed by atoms with van der Waals surface area (Å²) in [6.45, 7) is 10.9. The summed E-state index contributed by atoms with van der Waals surface area (Å²) >= 11 is 0. The highest BCUT2D eigenvalue weighted by molar-refractivity contribution is 5.79. The van der Waals surface area contributed by atoms with Gasteiger partial charge in [-0.3, -0.25) is 9.48 Å². The topological polar surface area (TPSA) is 50.2 Å². The lowest BCUT2D eigenvalue weighted by molar-refractivity contribution is -0.120. The van der Waals surface area contributed by atoms with Gasteiger partial charge in [-0.05, 0) is 38.3 Å². The van der Waals surface area contributed by atoms with Crippen molar-refractivity contribution >= 4 is 11.6 Å². The molecule has 142 valence electrons. The van der Waals surface area contributed by atoms with Gasteiger partial charge in [-0.25, -0.2) is 0 Å². The lowest BCUT2D eigenvalue weighted by Gasteiger charge is -2.19. The van der Waals surface area contributed by atoms with Gasteiger partial charge in [-0.15, -0.1) is 0 Å². The predicted molar refractivity (Wildman–Crippen MR) is 108 cm³/mol. The molecule has 1 aromatic heterocycles. The number of carbonyl (C=O) groups excluding carboxylic acids is 1. The molecule has 2 aromatic rings. The van der Waals surface area contributed by atoms with Crippen molar-refractivity contribution in [3.05, 3.63) is 47.3 Å². The Kier molecular flexibility index (Phi) is 7.25. The first-order chi connectivity index (χ1) is 12.4. The molecule has 5 nitrogen and oxygen atoms in total. The number of rotatable bonds is 9. The van der Waals surface area contributed by atoms with E-state index in [9.17, 15) is 4.79 Å². The molecule has 0 saturated heterocycles. The molecule has 2 rings (SSSR count). The van der Waals surface area contributed by atoms with Crippen molar-refractivity contribution < 1.29 is 4.79 Å². The highest BCUT2D eigenvalue weighted by Crippen LogP contribution is 2.15. The van der Waals surface area contributed by atoms with Crippen molar-refractivity contribution in [2.45, 2.75) is 47.1 Å². The highest BCUT2D eigenvalue weighted by atomic mass is 16.1. The quantitative estimate of drug-likeness (QED) is 0.701. The Hall–Kier alpha value is -2.30. The summed E-state index contributed by atoms with van der Waals surface area (Å²) in [5.74, 6) is 0.610. The van der Waals surface area contributed by atoms with Crippen molar-refractivity contribution in [3.8, 4) is 0 Å². The van der Waals surface area contributed by atoms with Gasteiger partial charge in [0.1, 0.15) is 0 Å². The number of anilines is 1. The van der Waals surface area contributed by atoms with Crippen LogP contribution in [0.3, 0.4) is 0 Å². The van der Waals surface area contributed by atoms with Gasteiger partial charge in [0.2, 0.25) is 5.91 Å². The lowest BCUT2D eigenvalue weighted by Crippen LogP contribution is -2.29. The molecule has 0 spiro atoms. The van der Waals surface area contributed by atoms with Crippen LogP contribution in [0.5, 0.6) is 0 Å². The zero-order valence-electron chi connectivity index (χ0n) is 16.7. The fourth-order valence-electron chi connectivity index (χ4n) is 3.09. The first-order valence-corrected chi connectivity index (χ1v) is 9.44. The van der Waals surface area contributed by atoms with Crippen LogP contribution in [-0.4, -0.2) is 35.8 Å². The Morgan fingerprint density at radius 1 is 1.23 bits per heavy atom. The summed E-state index contributed by atoms with van der Waals surface area (Å²) in [7, 11) is 2.08. The van der Waals surface area contributed by atoms with Crippen molar-refractivity contribution in [2.75, 3.05) is 25.0 Å². The van der Waals surface area contributed by atoms with Gasteiger partial charge in [0.05, 0.1) is 12.1 Å². The molecule has 1 amide bonds. The number of amides is 1. The van der Waals surface area contributed by atoms with Crippen LogP contribution in [0, 0.1) is 19.8 Å². The Morgan fingerprint density at radius 2 is 1.92 bits per heavy atom. The van der Waals surface area contributed by atoms with Gasteiger partial charge < -0.3 is 10.2 Å². The van der Waals surface area contributed by atoms with Crippen LogP contribution in [-0.2, 0) is 17.8 Å². The summed E-state index contributed by atoms with van der Waals surface area (Å²) < 4.78 is 2.03. The third-order valence-corrected chi connectivity index (χ3v) is 4.60. The second-order valence-electron chi connectivity index (χ2n) is 7.36. The average molecular weight is 357 g/mol. The number of aromatic nitrogens is 2. The molecule has 1 N–H and O–H groups in total. The largest absolute Gasteiger partial charge is 0.375 e. The molecule has 0 aliphatic heterocycles. The maximum atomic E-state index is 12.3. The second kappa shape index (κ2) is 9.41. The van der Waals surface area contributed by atoms with Gasteiger partial charge in [0.15, 0.2) is 0 Å². The van der Waals surface area contributed by atoms with Gasteiger partial charge in [-0.1, -0.05) is 32.0 Å². The van der Waals surface area contributed by atoms with Crippen LogP contribution in [0.1, 0.15) is 37.2 Å². The van der Waals surface area contributed by atoms with Gasteiger partial charge in [0, 0.05) is 43.6 Å². The smallest absolute Gasteiger partial charge is 0.224 e. The second-order valence-corrected chi connectivity index (χ2v) is 7.36. The molecule has 0 saturated carbocycles. The van der Waals surface area contributed by atoms with Crippen LogP contribution in [0.15, 0.2) is 30.3 Å². The monoisotopic (exact) mass is 356 g/mol. The van der Waals surface area contributed by atoms with E-state index in [1.54, 1.807) is 0 Å². The molecule has 0 unspecified atom stereocenters. The molecule has 0 bridgehead atoms. The standard InChI is InChI=1S/C21H32N4O/c1-16(2)15-25-18(4)20(17(3)23-25)14-21(26)22-12-9-13-24(5)19-10-7-6-8-11-19/h6-8,10-11,16H,9,12-15H2,1-5H3,(H,22,26). The number of hydrogen-bond acceptors (Lipinski definition) is 3. The summed E-state index contributed by atoms with van der Waals surface area (Å²) in [5.41, 5.74) is 4.32. The molecule has 0 aliphatic rings. The predicted octanol–water partition coefficient (Wildman–Crippen LogP) is 3.34. The van der Waals surface area contributed by atoms with Gasteiger partial charge in [-0.2, -0.15) is 5.10 Å². The number of aryl methyl sites for hydroxylation is 1. The molecule has 1 aromatic carbocycles. The normalized spacial score (nSPS) is 11.0. The Labute approximate surface area is 157 Å². The van der Waals surface area contributed by atoms with E-state index < -0.39 is 0 Å². The van der Waals surface area contributed by atoms with E-state index >= 15 is 0 Å². The molecule has 0 fully saturated rings. The minimum atomic E-state index is 0.0719. The Bertz CT molecular complexity index is 706. The molecule has 5 heteroatoms. The van der Waals surface area contributed by atoms with E-state index in [0.29, 0.717) is 18.9 Å². The first-order valence-electron chi connectivity index (χ1n) is 9.44. The van der Waals surface area contributed by atoms with Crippen molar-refractivity contribution in [1.29, 1.82) is 0 Å². The Morgan fingerprint density at radius 3 is 2.58 bits per heavy atom. The number of hydrogen-bond donors (Lipinski definition) is 1. The van der Waals surface area contributed by atoms with Gasteiger partial charge >= 0.3 is 0 Å². The van der Waals surface area contributed by atoms with Crippen molar-refractivity contribution in [1.82, 2.24) is 15.1 Å². The molecule has 0 aliphatic carbocycles. The fourth-order valence-corrected chi connectivity index (χ4v) is 3.09. The number of nitrogens with zero attached hydrogens (tertiary/aromatic N) is 3. The molecule has 0 radical (unpaired) electrons. The summed E-state index contributed by atoms with van der Waals surface area (Å²) in [6, 6.07) is 10.3. The maximum Gasteiger partial charge on any atom is 0.224 e. The minimum Gasteiger partial charge on any atom is -0.375 e. The van der Waals surface area contributed by atoms with E-state index in [1.807, 2.05) is 29.8 Å². The van der Waals surface area contributed by atoms with Crippen LogP contribution in [0.25, 0.3) is 0 Å². The third kappa shape index (κ3) is 5.61. The molecular formula is C21H32N4O. The number of benzene rings is 1. The fraction of sp³-hybridized carbons (Fsp3) is 0.524. The molecule has 26 heavy (non-hydrogen) atoms. The molecule has 1 heterocycles. The van der Waals surface area contributed by atoms with E-state index in [2.05, 4.69) is 55.3 Å². The van der Waals surface area contributed by atoms with Crippen LogP contribution in [0.4, 0.5) is 5.69 Å². The number of nitrogens with one attached hydrogen (secondary N) is 1. The maximum absolute atomic E-state index is 12.3. The van der Waals surface area contributed by atoms with Crippen molar-refractivity contribution in [3.63, 3.8) is 0 Å². The first kappa shape index (κ1) is 20.0. The average Bonchev–Trinajstić information content (AvgIpc) is 2.86. The zero-order chi connectivity index (χ0) is 19.1. The summed E-state index contributed by atoms with van der Waals surface area (Å²) in [5, 5.41) is 7.63. The Balaban J connectivity index is 1.78. The van der Waals surface area contributed by atoms with Crippen LogP contribution >= 0.6 is 0 Å². The van der Waals surface area contributed by atoms with Crippen LogP contribution in [0.2, 0.25) is 0 Å². The number of para-hydroxylation sites is 1. The lowest BCUT2D eigenvalue weighted by atomic mass is 10.1. The van der Waals surface area contributed by atoms with Crippen molar-refractivity contribution in [2.24, 2.45) is 5.92 Å². The summed E-state index contributed by atoms with van der Waals surface area (Å²) in [6.07, 6.45) is 1.33. The minimum absolute atomic E-state index is 0.0719. The van der Waals surface area contributed by atoms with Gasteiger partial charge in [0.25, 0.3) is 0 Å².